The van der Waals surface area contributed by atoms with Gasteiger partial charge < -0.3 is 5.32 Å². The third-order valence-electron chi connectivity index (χ3n) is 3.81. The van der Waals surface area contributed by atoms with Gasteiger partial charge in [-0.1, -0.05) is 48.0 Å². The maximum absolute atomic E-state index is 13.5. The fourth-order valence-electron chi connectivity index (χ4n) is 2.53. The zero-order valence-corrected chi connectivity index (χ0v) is 17.1. The Morgan fingerprint density at radius 3 is 2.43 bits per heavy atom. The Balaban J connectivity index is 2.31. The highest BCUT2D eigenvalue weighted by Crippen LogP contribution is 2.39. The van der Waals surface area contributed by atoms with Crippen LogP contribution in [0.15, 0.2) is 23.2 Å². The van der Waals surface area contributed by atoms with Crippen molar-refractivity contribution >= 4 is 46.6 Å². The predicted molar refractivity (Wildman–Crippen MR) is 104 cm³/mol. The van der Waals surface area contributed by atoms with Crippen LogP contribution < -0.4 is 5.32 Å². The van der Waals surface area contributed by atoms with Gasteiger partial charge in [-0.15, -0.1) is 0 Å². The summed E-state index contributed by atoms with van der Waals surface area (Å²) in [4.78, 5) is 16.4. The van der Waals surface area contributed by atoms with Gasteiger partial charge in [0, 0.05) is 5.69 Å². The number of hydrogen-bond donors (Lipinski definition) is 1. The number of thioether (sulfide) groups is 1. The molecule has 0 unspecified atom stereocenters. The van der Waals surface area contributed by atoms with Gasteiger partial charge in [-0.25, -0.2) is 4.98 Å². The molecule has 0 radical (unpaired) electrons. The molecule has 2 aromatic rings. The predicted octanol–water partition coefficient (Wildman–Crippen LogP) is 5.88. The SMILES string of the molecule is CCc1nc(SCC(=O)Nc2c(Cl)cccc2Cl)c(C#N)c(C(F)(F)F)c1C. The third-order valence-corrected chi connectivity index (χ3v) is 5.41. The maximum atomic E-state index is 13.5. The highest BCUT2D eigenvalue weighted by Gasteiger charge is 2.38. The van der Waals surface area contributed by atoms with E-state index in [0.29, 0.717) is 0 Å². The zero-order valence-electron chi connectivity index (χ0n) is 14.7. The molecule has 1 aromatic heterocycles. The quantitative estimate of drug-likeness (QED) is 0.581. The molecule has 1 amide bonds. The number of benzene rings is 1. The summed E-state index contributed by atoms with van der Waals surface area (Å²) < 4.78 is 40.4. The van der Waals surface area contributed by atoms with Gasteiger partial charge in [0.25, 0.3) is 0 Å². The molecule has 1 heterocycles. The maximum Gasteiger partial charge on any atom is 0.418 e. The number of alkyl halides is 3. The molecule has 148 valence electrons. The van der Waals surface area contributed by atoms with Crippen LogP contribution in [0.2, 0.25) is 10.0 Å². The minimum Gasteiger partial charge on any atom is -0.323 e. The fraction of sp³-hybridized carbons (Fsp3) is 0.278. The number of hydrogen-bond acceptors (Lipinski definition) is 4. The van der Waals surface area contributed by atoms with E-state index in [2.05, 4.69) is 10.3 Å². The van der Waals surface area contributed by atoms with E-state index in [1.54, 1.807) is 19.1 Å². The molecule has 4 nitrogen and oxygen atoms in total. The average Bonchev–Trinajstić information content (AvgIpc) is 2.62. The highest BCUT2D eigenvalue weighted by atomic mass is 35.5. The molecular weight excluding hydrogens is 434 g/mol. The molecule has 2 rings (SSSR count). The molecular formula is C18H14Cl2F3N3OS. The van der Waals surface area contributed by atoms with Crippen LogP contribution in [0.4, 0.5) is 18.9 Å². The van der Waals surface area contributed by atoms with E-state index in [1.807, 2.05) is 0 Å². The lowest BCUT2D eigenvalue weighted by Gasteiger charge is -2.17. The first-order chi connectivity index (χ1) is 13.1. The van der Waals surface area contributed by atoms with E-state index in [9.17, 15) is 23.2 Å². The number of pyridine rings is 1. The molecule has 0 saturated carbocycles. The van der Waals surface area contributed by atoms with Gasteiger partial charge in [-0.2, -0.15) is 18.4 Å². The lowest BCUT2D eigenvalue weighted by atomic mass is 10.0. The molecule has 1 aromatic carbocycles. The van der Waals surface area contributed by atoms with Crippen LogP contribution in [0.25, 0.3) is 0 Å². The van der Waals surface area contributed by atoms with Crippen molar-refractivity contribution in [2.75, 3.05) is 11.1 Å². The van der Waals surface area contributed by atoms with E-state index >= 15 is 0 Å². The van der Waals surface area contributed by atoms with Crippen LogP contribution in [-0.4, -0.2) is 16.6 Å². The minimum atomic E-state index is -4.70. The number of aryl methyl sites for hydroxylation is 1. The van der Waals surface area contributed by atoms with Crippen molar-refractivity contribution in [2.45, 2.75) is 31.5 Å². The second-order valence-electron chi connectivity index (χ2n) is 5.64. The largest absolute Gasteiger partial charge is 0.418 e. The standard InChI is InChI=1S/C18H14Cl2F3N3OS/c1-3-13-9(2)15(18(21,22)23)10(7-24)17(25-13)28-8-14(27)26-16-11(19)5-4-6-12(16)20/h4-6H,3,8H2,1-2H3,(H,26,27). The molecule has 0 spiro atoms. The van der Waals surface area contributed by atoms with Crippen LogP contribution in [0.3, 0.4) is 0 Å². The van der Waals surface area contributed by atoms with E-state index in [1.165, 1.54) is 19.1 Å². The molecule has 1 N–H and O–H groups in total. The van der Waals surface area contributed by atoms with E-state index < -0.39 is 23.2 Å². The average molecular weight is 448 g/mol. The van der Waals surface area contributed by atoms with Gasteiger partial charge in [0.1, 0.15) is 11.1 Å². The molecule has 0 saturated heterocycles. The molecule has 10 heteroatoms. The summed E-state index contributed by atoms with van der Waals surface area (Å²) in [5.41, 5.74) is -1.25. The molecule has 0 atom stereocenters. The Bertz CT molecular complexity index is 938. The van der Waals surface area contributed by atoms with Crippen LogP contribution >= 0.6 is 35.0 Å². The Morgan fingerprint density at radius 2 is 1.93 bits per heavy atom. The number of rotatable bonds is 5. The molecule has 0 aliphatic carbocycles. The number of nitrogens with zero attached hydrogens (tertiary/aromatic N) is 2. The summed E-state index contributed by atoms with van der Waals surface area (Å²) in [6.07, 6.45) is -4.44. The second kappa shape index (κ2) is 9.03. The Labute approximate surface area is 174 Å². The minimum absolute atomic E-state index is 0.0804. The van der Waals surface area contributed by atoms with Gasteiger partial charge in [0.15, 0.2) is 0 Å². The summed E-state index contributed by atoms with van der Waals surface area (Å²) in [5, 5.41) is 12.1. The molecule has 0 aliphatic heterocycles. The second-order valence-corrected chi connectivity index (χ2v) is 7.41. The van der Waals surface area contributed by atoms with E-state index in [-0.39, 0.29) is 44.2 Å². The first-order valence-corrected chi connectivity index (χ1v) is 9.71. The van der Waals surface area contributed by atoms with Crippen LogP contribution in [0.5, 0.6) is 0 Å². The topological polar surface area (TPSA) is 65.8 Å². The Morgan fingerprint density at radius 1 is 1.32 bits per heavy atom. The number of nitrogens with one attached hydrogen (secondary N) is 1. The summed E-state index contributed by atoms with van der Waals surface area (Å²) in [6, 6.07) is 6.26. The zero-order chi connectivity index (χ0) is 21.1. The first kappa shape index (κ1) is 22.3. The van der Waals surface area contributed by atoms with Crippen molar-refractivity contribution < 1.29 is 18.0 Å². The van der Waals surface area contributed by atoms with Crippen LogP contribution in [0.1, 0.15) is 29.3 Å². The van der Waals surface area contributed by atoms with Crippen molar-refractivity contribution in [1.29, 1.82) is 5.26 Å². The normalized spacial score (nSPS) is 11.2. The smallest absolute Gasteiger partial charge is 0.323 e. The number of aromatic nitrogens is 1. The lowest BCUT2D eigenvalue weighted by molar-refractivity contribution is -0.138. The highest BCUT2D eigenvalue weighted by molar-refractivity contribution is 8.00. The summed E-state index contributed by atoms with van der Waals surface area (Å²) in [6.45, 7) is 2.96. The van der Waals surface area contributed by atoms with Crippen molar-refractivity contribution in [2.24, 2.45) is 0 Å². The molecule has 0 aliphatic rings. The van der Waals surface area contributed by atoms with Gasteiger partial charge in [-0.05, 0) is 31.0 Å². The van der Waals surface area contributed by atoms with Gasteiger partial charge in [-0.3, -0.25) is 4.79 Å². The summed E-state index contributed by atoms with van der Waals surface area (Å²) in [7, 11) is 0. The van der Waals surface area contributed by atoms with Gasteiger partial charge in [0.2, 0.25) is 5.91 Å². The van der Waals surface area contributed by atoms with Crippen LogP contribution in [-0.2, 0) is 17.4 Å². The number of halogens is 5. The monoisotopic (exact) mass is 447 g/mol. The molecule has 28 heavy (non-hydrogen) atoms. The van der Waals surface area contributed by atoms with Crippen molar-refractivity contribution in [3.63, 3.8) is 0 Å². The van der Waals surface area contributed by atoms with E-state index in [0.717, 1.165) is 11.8 Å². The van der Waals surface area contributed by atoms with Gasteiger partial charge in [0.05, 0.1) is 32.6 Å². The number of carbonyl (C=O) groups excluding carboxylic acids is 1. The number of nitriles is 1. The first-order valence-electron chi connectivity index (χ1n) is 7.97. The summed E-state index contributed by atoms with van der Waals surface area (Å²) >= 11 is 12.7. The molecule has 0 fully saturated rings. The fourth-order valence-corrected chi connectivity index (χ4v) is 3.83. The lowest BCUT2D eigenvalue weighted by Crippen LogP contribution is -2.17. The number of anilines is 1. The van der Waals surface area contributed by atoms with Crippen LogP contribution in [0, 0.1) is 18.3 Å². The number of carbonyl (C=O) groups is 1. The Hall–Kier alpha value is -1.95. The van der Waals surface area contributed by atoms with Gasteiger partial charge >= 0.3 is 6.18 Å². The summed E-state index contributed by atoms with van der Waals surface area (Å²) in [5.74, 6) is -0.815. The number of para-hydroxylation sites is 1. The Kier molecular flexibility index (Phi) is 7.21. The number of amides is 1. The van der Waals surface area contributed by atoms with E-state index in [4.69, 9.17) is 23.2 Å². The molecule has 0 bridgehead atoms. The van der Waals surface area contributed by atoms with Crippen molar-refractivity contribution in [3.05, 3.63) is 50.6 Å². The third kappa shape index (κ3) is 4.90. The van der Waals surface area contributed by atoms with Crippen molar-refractivity contribution in [1.82, 2.24) is 4.98 Å². The van der Waals surface area contributed by atoms with Crippen molar-refractivity contribution in [3.8, 4) is 6.07 Å².